The van der Waals surface area contributed by atoms with E-state index in [0.29, 0.717) is 6.61 Å². The molecule has 0 aromatic carbocycles. The van der Waals surface area contributed by atoms with Crippen LogP contribution in [0.4, 0.5) is 0 Å². The van der Waals surface area contributed by atoms with E-state index in [1.54, 1.807) is 3.28 Å². The summed E-state index contributed by atoms with van der Waals surface area (Å²) in [6, 6.07) is 0. The van der Waals surface area contributed by atoms with Crippen LogP contribution < -0.4 is 0 Å². The second-order valence-electron chi connectivity index (χ2n) is 3.47. The van der Waals surface area contributed by atoms with Crippen LogP contribution in [0.2, 0.25) is 0 Å². The Balaban J connectivity index is 1.94. The molecule has 3 heteroatoms. The minimum atomic E-state index is -0.594. The molecule has 0 heterocycles. The summed E-state index contributed by atoms with van der Waals surface area (Å²) in [7, 11) is 0. The molecule has 0 fully saturated rings. The van der Waals surface area contributed by atoms with Gasteiger partial charge in [0.1, 0.15) is 0 Å². The molecule has 78 valence electrons. The van der Waals surface area contributed by atoms with E-state index in [4.69, 9.17) is 9.84 Å². The maximum absolute atomic E-state index is 8.72. The molecule has 2 rings (SSSR count). The van der Waals surface area contributed by atoms with E-state index in [1.165, 1.54) is 3.28 Å². The van der Waals surface area contributed by atoms with Crippen molar-refractivity contribution in [3.05, 3.63) is 42.7 Å². The van der Waals surface area contributed by atoms with Gasteiger partial charge < -0.3 is 0 Å². The van der Waals surface area contributed by atoms with Gasteiger partial charge in [0, 0.05) is 0 Å². The van der Waals surface area contributed by atoms with Gasteiger partial charge in [-0.05, 0) is 0 Å². The molecule has 0 aromatic heterocycles. The van der Waals surface area contributed by atoms with Crippen LogP contribution in [0.25, 0.3) is 0 Å². The zero-order valence-corrected chi connectivity index (χ0v) is 11.0. The standard InChI is InChI=1S/C7H9O2.C5H5.Zr/c8-5-6-9-7-3-1-2-4-7;1-2-4-5-3-1;/h1,3,8H,2,5-6H2;1-3H,4H2;. The molecule has 0 radical (unpaired) electrons. The summed E-state index contributed by atoms with van der Waals surface area (Å²) in [6.07, 6.45) is 13.0. The Kier molecular flexibility index (Phi) is 4.16. The summed E-state index contributed by atoms with van der Waals surface area (Å²) in [4.78, 5) is 0. The average molecular weight is 281 g/mol. The van der Waals surface area contributed by atoms with Gasteiger partial charge in [-0.3, -0.25) is 0 Å². The predicted molar refractivity (Wildman–Crippen MR) is 55.7 cm³/mol. The molecule has 1 N–H and O–H groups in total. The Bertz CT molecular complexity index is 351. The molecular weight excluding hydrogens is 267 g/mol. The first-order chi connectivity index (χ1) is 7.40. The van der Waals surface area contributed by atoms with E-state index in [1.807, 2.05) is 0 Å². The minimum absolute atomic E-state index is 0.0971. The van der Waals surface area contributed by atoms with Gasteiger partial charge in [-0.1, -0.05) is 0 Å². The normalized spacial score (nSPS) is 18.6. The van der Waals surface area contributed by atoms with Gasteiger partial charge in [-0.2, -0.15) is 0 Å². The molecule has 0 amide bonds. The number of rotatable bonds is 5. The van der Waals surface area contributed by atoms with E-state index in [2.05, 4.69) is 30.4 Å². The van der Waals surface area contributed by atoms with Crippen molar-refractivity contribution in [1.29, 1.82) is 0 Å². The number of hydrogen-bond donors (Lipinski definition) is 1. The van der Waals surface area contributed by atoms with Gasteiger partial charge >= 0.3 is 102 Å². The van der Waals surface area contributed by atoms with Gasteiger partial charge in [0.15, 0.2) is 0 Å². The first-order valence-electron chi connectivity index (χ1n) is 5.16. The summed E-state index contributed by atoms with van der Waals surface area (Å²) in [5.74, 6) is 1.03. The first-order valence-corrected chi connectivity index (χ1v) is 7.62. The summed E-state index contributed by atoms with van der Waals surface area (Å²) >= 11 is -0.594. The molecule has 0 saturated carbocycles. The zero-order chi connectivity index (χ0) is 10.5. The van der Waals surface area contributed by atoms with Gasteiger partial charge in [0.2, 0.25) is 0 Å². The summed E-state index contributed by atoms with van der Waals surface area (Å²) < 4.78 is 8.63. The summed E-state index contributed by atoms with van der Waals surface area (Å²) in [6.45, 7) is 0.514. The number of allylic oxidation sites excluding steroid dienone is 7. The van der Waals surface area contributed by atoms with E-state index >= 15 is 0 Å². The van der Waals surface area contributed by atoms with Crippen LogP contribution >= 0.6 is 0 Å². The van der Waals surface area contributed by atoms with Crippen LogP contribution in [0.3, 0.4) is 0 Å². The second kappa shape index (κ2) is 5.62. The van der Waals surface area contributed by atoms with E-state index in [9.17, 15) is 0 Å². The first kappa shape index (κ1) is 11.1. The Morgan fingerprint density at radius 3 is 3.00 bits per heavy atom. The quantitative estimate of drug-likeness (QED) is 0.836. The van der Waals surface area contributed by atoms with Crippen molar-refractivity contribution in [3.8, 4) is 0 Å². The average Bonchev–Trinajstić information content (AvgIpc) is 2.87. The third-order valence-electron chi connectivity index (χ3n) is 2.32. The van der Waals surface area contributed by atoms with Gasteiger partial charge in [-0.25, -0.2) is 0 Å². The monoisotopic (exact) mass is 280 g/mol. The van der Waals surface area contributed by atoms with Crippen molar-refractivity contribution >= 4 is 0 Å². The zero-order valence-electron chi connectivity index (χ0n) is 8.57. The van der Waals surface area contributed by atoms with Crippen molar-refractivity contribution in [1.82, 2.24) is 0 Å². The Morgan fingerprint density at radius 2 is 2.27 bits per heavy atom. The fourth-order valence-corrected chi connectivity index (χ4v) is 4.78. The van der Waals surface area contributed by atoms with E-state index in [0.717, 1.165) is 18.6 Å². The summed E-state index contributed by atoms with van der Waals surface area (Å²) in [5.41, 5.74) is 0. The van der Waals surface area contributed by atoms with Crippen LogP contribution in [0, 0.1) is 0 Å². The third kappa shape index (κ3) is 3.03. The maximum atomic E-state index is 8.72. The van der Waals surface area contributed by atoms with Crippen LogP contribution in [0.5, 0.6) is 0 Å². The number of aliphatic hydroxyl groups is 1. The fraction of sp³-hybridized carbons (Fsp3) is 0.333. The van der Waals surface area contributed by atoms with E-state index in [-0.39, 0.29) is 6.61 Å². The molecule has 2 nitrogen and oxygen atoms in total. The molecule has 0 unspecified atom stereocenters. The molecule has 0 bridgehead atoms. The summed E-state index contributed by atoms with van der Waals surface area (Å²) in [5, 5.41) is 8.72. The number of hydrogen-bond acceptors (Lipinski definition) is 2. The molecule has 0 spiro atoms. The number of ether oxygens (including phenoxy) is 1. The molecule has 2 aliphatic rings. The van der Waals surface area contributed by atoms with Crippen molar-refractivity contribution in [2.24, 2.45) is 0 Å². The van der Waals surface area contributed by atoms with Crippen molar-refractivity contribution in [3.63, 3.8) is 0 Å². The SMILES string of the molecule is OCCOC1=[C]([Zr][C]2=CC=CC2)CC=C1. The van der Waals surface area contributed by atoms with Crippen molar-refractivity contribution < 1.29 is 33.1 Å². The molecule has 0 saturated heterocycles. The molecular formula is C12H14O2Zr. The van der Waals surface area contributed by atoms with Gasteiger partial charge in [0.25, 0.3) is 0 Å². The van der Waals surface area contributed by atoms with Crippen LogP contribution in [-0.2, 0) is 28.0 Å². The Labute approximate surface area is 102 Å². The molecule has 2 aliphatic carbocycles. The van der Waals surface area contributed by atoms with Crippen molar-refractivity contribution in [2.45, 2.75) is 12.8 Å². The molecule has 0 aliphatic heterocycles. The number of aliphatic hydroxyl groups excluding tert-OH is 1. The Morgan fingerprint density at radius 1 is 1.33 bits per heavy atom. The fourth-order valence-electron chi connectivity index (χ4n) is 1.62. The van der Waals surface area contributed by atoms with Crippen LogP contribution in [0.1, 0.15) is 12.8 Å². The topological polar surface area (TPSA) is 29.5 Å². The van der Waals surface area contributed by atoms with Crippen LogP contribution in [-0.4, -0.2) is 18.3 Å². The van der Waals surface area contributed by atoms with Gasteiger partial charge in [0.05, 0.1) is 0 Å². The van der Waals surface area contributed by atoms with Crippen molar-refractivity contribution in [2.75, 3.05) is 13.2 Å². The third-order valence-corrected chi connectivity index (χ3v) is 5.87. The predicted octanol–water partition coefficient (Wildman–Crippen LogP) is 2.09. The van der Waals surface area contributed by atoms with E-state index < -0.39 is 23.2 Å². The Hall–Kier alpha value is -0.397. The van der Waals surface area contributed by atoms with Gasteiger partial charge in [-0.15, -0.1) is 0 Å². The van der Waals surface area contributed by atoms with Crippen LogP contribution in [0.15, 0.2) is 42.7 Å². The molecule has 15 heavy (non-hydrogen) atoms. The molecule has 0 atom stereocenters. The second-order valence-corrected chi connectivity index (χ2v) is 7.15. The molecule has 0 aromatic rings.